The van der Waals surface area contributed by atoms with Gasteiger partial charge < -0.3 is 4.74 Å². The molecular weight excluding hydrogens is 308 g/mol. The van der Waals surface area contributed by atoms with Crippen LogP contribution in [0.3, 0.4) is 0 Å². The summed E-state index contributed by atoms with van der Waals surface area (Å²) in [6.07, 6.45) is 0. The summed E-state index contributed by atoms with van der Waals surface area (Å²) in [4.78, 5) is 11.7. The van der Waals surface area contributed by atoms with E-state index in [0.717, 1.165) is 16.9 Å². The van der Waals surface area contributed by atoms with Crippen LogP contribution in [0.15, 0.2) is 84.9 Å². The van der Waals surface area contributed by atoms with E-state index in [2.05, 4.69) is 23.7 Å². The molecule has 0 saturated heterocycles. The summed E-state index contributed by atoms with van der Waals surface area (Å²) in [5, 5.41) is 0. The van der Waals surface area contributed by atoms with Crippen molar-refractivity contribution in [1.82, 2.24) is 0 Å². The fraction of sp³-hybridized carbons (Fsp3) is 0. The first kappa shape index (κ1) is 16.1. The van der Waals surface area contributed by atoms with Crippen LogP contribution in [0.5, 0.6) is 11.5 Å². The van der Waals surface area contributed by atoms with Gasteiger partial charge in [0.25, 0.3) is 5.78 Å². The Labute approximate surface area is 147 Å². The molecule has 3 aromatic carbocycles. The van der Waals surface area contributed by atoms with Crippen molar-refractivity contribution < 1.29 is 9.53 Å². The van der Waals surface area contributed by atoms with Crippen molar-refractivity contribution in [3.8, 4) is 35.2 Å². The fourth-order valence-electron chi connectivity index (χ4n) is 2.04. The van der Waals surface area contributed by atoms with Crippen LogP contribution >= 0.6 is 0 Å². The maximum absolute atomic E-state index is 11.7. The molecule has 0 N–H and O–H groups in total. The largest absolute Gasteiger partial charge is 0.457 e. The molecule has 0 aliphatic carbocycles. The lowest BCUT2D eigenvalue weighted by atomic mass is 10.2. The molecule has 0 fully saturated rings. The van der Waals surface area contributed by atoms with Crippen LogP contribution in [0.25, 0.3) is 0 Å². The lowest BCUT2D eigenvalue weighted by Gasteiger charge is -2.04. The highest BCUT2D eigenvalue weighted by Crippen LogP contribution is 2.20. The van der Waals surface area contributed by atoms with Crippen molar-refractivity contribution >= 4 is 5.78 Å². The van der Waals surface area contributed by atoms with Crippen LogP contribution < -0.4 is 4.74 Å². The van der Waals surface area contributed by atoms with E-state index in [1.54, 1.807) is 0 Å². The van der Waals surface area contributed by atoms with Crippen LogP contribution in [-0.4, -0.2) is 5.78 Å². The predicted molar refractivity (Wildman–Crippen MR) is 98.2 cm³/mol. The van der Waals surface area contributed by atoms with Gasteiger partial charge in [0.1, 0.15) is 11.5 Å². The number of rotatable bonds is 2. The zero-order chi connectivity index (χ0) is 17.3. The first-order valence-corrected chi connectivity index (χ1v) is 7.76. The van der Waals surface area contributed by atoms with Crippen LogP contribution in [0, 0.1) is 23.7 Å². The Morgan fingerprint density at radius 1 is 0.600 bits per heavy atom. The second kappa shape index (κ2) is 8.20. The second-order valence-corrected chi connectivity index (χ2v) is 5.13. The van der Waals surface area contributed by atoms with Crippen LogP contribution in [0.2, 0.25) is 0 Å². The van der Waals surface area contributed by atoms with Crippen LogP contribution in [0.1, 0.15) is 11.1 Å². The number of Topliss-reactive ketones (excluding diaryl/α,β-unsaturated/α-hetero) is 1. The van der Waals surface area contributed by atoms with Crippen molar-refractivity contribution in [3.63, 3.8) is 0 Å². The maximum Gasteiger partial charge on any atom is 0.279 e. The van der Waals surface area contributed by atoms with Crippen molar-refractivity contribution in [3.05, 3.63) is 96.1 Å². The van der Waals surface area contributed by atoms with E-state index in [0.29, 0.717) is 5.75 Å². The average Bonchev–Trinajstić information content (AvgIpc) is 2.67. The van der Waals surface area contributed by atoms with E-state index in [-0.39, 0.29) is 0 Å². The summed E-state index contributed by atoms with van der Waals surface area (Å²) < 4.78 is 5.71. The molecule has 25 heavy (non-hydrogen) atoms. The van der Waals surface area contributed by atoms with Gasteiger partial charge in [-0.05, 0) is 60.4 Å². The highest BCUT2D eigenvalue weighted by atomic mass is 16.5. The van der Waals surface area contributed by atoms with Gasteiger partial charge in [0.15, 0.2) is 0 Å². The van der Waals surface area contributed by atoms with E-state index in [1.807, 2.05) is 84.9 Å². The van der Waals surface area contributed by atoms with Crippen LogP contribution in [0.4, 0.5) is 0 Å². The van der Waals surface area contributed by atoms with Crippen molar-refractivity contribution in [1.29, 1.82) is 0 Å². The molecule has 0 atom stereocenters. The Morgan fingerprint density at radius 2 is 1.08 bits per heavy atom. The molecule has 0 spiro atoms. The lowest BCUT2D eigenvalue weighted by Crippen LogP contribution is -1.88. The number of carbonyl (C=O) groups is 1. The number of hydrogen-bond donors (Lipinski definition) is 0. The molecule has 0 aliphatic heterocycles. The number of para-hydroxylation sites is 1. The summed E-state index contributed by atoms with van der Waals surface area (Å²) >= 11 is 0. The third-order valence-electron chi connectivity index (χ3n) is 3.25. The standard InChI is InChI=1S/C23H14O2/c24-21(15-11-19-7-3-1-4-8-19)16-12-20-13-17-23(18-14-20)25-22-9-5-2-6-10-22/h1-10,13-14,17-18H. The van der Waals surface area contributed by atoms with E-state index < -0.39 is 5.78 Å². The molecule has 0 bridgehead atoms. The topological polar surface area (TPSA) is 26.3 Å². The summed E-state index contributed by atoms with van der Waals surface area (Å²) in [6.45, 7) is 0. The Morgan fingerprint density at radius 3 is 1.68 bits per heavy atom. The Balaban J connectivity index is 1.63. The normalized spacial score (nSPS) is 9.12. The van der Waals surface area contributed by atoms with Crippen molar-refractivity contribution in [2.45, 2.75) is 0 Å². The summed E-state index contributed by atoms with van der Waals surface area (Å²) in [5.74, 6) is 11.7. The van der Waals surface area contributed by atoms with Gasteiger partial charge in [-0.2, -0.15) is 0 Å². The smallest absolute Gasteiger partial charge is 0.279 e. The van der Waals surface area contributed by atoms with Gasteiger partial charge in [-0.15, -0.1) is 0 Å². The molecule has 0 saturated carbocycles. The van der Waals surface area contributed by atoms with E-state index in [1.165, 1.54) is 0 Å². The minimum Gasteiger partial charge on any atom is -0.457 e. The number of ether oxygens (including phenoxy) is 1. The molecule has 2 nitrogen and oxygen atoms in total. The monoisotopic (exact) mass is 322 g/mol. The van der Waals surface area contributed by atoms with Gasteiger partial charge in [0, 0.05) is 11.1 Å². The fourth-order valence-corrected chi connectivity index (χ4v) is 2.04. The van der Waals surface area contributed by atoms with E-state index in [9.17, 15) is 4.79 Å². The Hall–Kier alpha value is -3.75. The highest BCUT2D eigenvalue weighted by Gasteiger charge is 1.96. The van der Waals surface area contributed by atoms with Gasteiger partial charge in [-0.3, -0.25) is 4.79 Å². The SMILES string of the molecule is O=C(C#Cc1ccccc1)C#Cc1ccc(Oc2ccccc2)cc1. The summed E-state index contributed by atoms with van der Waals surface area (Å²) in [6, 6.07) is 26.1. The number of benzene rings is 3. The maximum atomic E-state index is 11.7. The molecule has 3 aromatic rings. The average molecular weight is 322 g/mol. The predicted octanol–water partition coefficient (Wildman–Crippen LogP) is 4.45. The van der Waals surface area contributed by atoms with Gasteiger partial charge in [-0.25, -0.2) is 0 Å². The summed E-state index contributed by atoms with van der Waals surface area (Å²) in [7, 11) is 0. The van der Waals surface area contributed by atoms with Gasteiger partial charge in [-0.1, -0.05) is 48.2 Å². The summed E-state index contributed by atoms with van der Waals surface area (Å²) in [5.41, 5.74) is 1.52. The first-order chi connectivity index (χ1) is 12.3. The molecule has 0 unspecified atom stereocenters. The molecule has 0 amide bonds. The van der Waals surface area contributed by atoms with Gasteiger partial charge in [0.2, 0.25) is 0 Å². The zero-order valence-electron chi connectivity index (χ0n) is 13.4. The minimum absolute atomic E-state index is 0.409. The first-order valence-electron chi connectivity index (χ1n) is 7.76. The molecule has 118 valence electrons. The molecule has 2 heteroatoms. The number of hydrogen-bond acceptors (Lipinski definition) is 2. The van der Waals surface area contributed by atoms with E-state index in [4.69, 9.17) is 4.74 Å². The number of carbonyl (C=O) groups excluding carboxylic acids is 1. The lowest BCUT2D eigenvalue weighted by molar-refractivity contribution is -0.108. The van der Waals surface area contributed by atoms with Crippen LogP contribution in [-0.2, 0) is 4.79 Å². The third kappa shape index (κ3) is 5.13. The van der Waals surface area contributed by atoms with Gasteiger partial charge >= 0.3 is 0 Å². The quantitative estimate of drug-likeness (QED) is 0.652. The highest BCUT2D eigenvalue weighted by molar-refractivity contribution is 6.09. The molecule has 0 aliphatic rings. The molecule has 3 rings (SSSR count). The third-order valence-corrected chi connectivity index (χ3v) is 3.25. The molecule has 0 aromatic heterocycles. The number of ketones is 1. The zero-order valence-corrected chi connectivity index (χ0v) is 13.4. The molecule has 0 radical (unpaired) electrons. The Bertz CT molecular complexity index is 965. The van der Waals surface area contributed by atoms with Crippen molar-refractivity contribution in [2.24, 2.45) is 0 Å². The molecule has 0 heterocycles. The molecular formula is C23H14O2. The van der Waals surface area contributed by atoms with Crippen molar-refractivity contribution in [2.75, 3.05) is 0 Å². The Kier molecular flexibility index (Phi) is 5.29. The van der Waals surface area contributed by atoms with Gasteiger partial charge in [0.05, 0.1) is 0 Å². The minimum atomic E-state index is -0.409. The second-order valence-electron chi connectivity index (χ2n) is 5.13. The van der Waals surface area contributed by atoms with E-state index >= 15 is 0 Å².